The summed E-state index contributed by atoms with van der Waals surface area (Å²) in [6.45, 7) is 6.27. The number of nitrogens with one attached hydrogen (secondary N) is 1. The van der Waals surface area contributed by atoms with E-state index >= 15 is 0 Å². The van der Waals surface area contributed by atoms with Gasteiger partial charge in [0.05, 0.1) is 18.1 Å². The summed E-state index contributed by atoms with van der Waals surface area (Å²) >= 11 is 0. The van der Waals surface area contributed by atoms with Crippen molar-refractivity contribution in [3.05, 3.63) is 0 Å². The van der Waals surface area contributed by atoms with E-state index in [1.165, 1.54) is 0 Å². The van der Waals surface area contributed by atoms with Crippen LogP contribution in [0.5, 0.6) is 0 Å². The van der Waals surface area contributed by atoms with Gasteiger partial charge in [-0.15, -0.1) is 0 Å². The monoisotopic (exact) mass is 168 g/mol. The first-order valence-electron chi connectivity index (χ1n) is 4.36. The minimum absolute atomic E-state index is 0.261. The van der Waals surface area contributed by atoms with Crippen molar-refractivity contribution in [1.29, 1.82) is 5.26 Å². The highest BCUT2D eigenvalue weighted by molar-refractivity contribution is 4.94. The zero-order chi connectivity index (χ0) is 9.03. The van der Waals surface area contributed by atoms with Gasteiger partial charge in [0, 0.05) is 19.2 Å². The first kappa shape index (κ1) is 9.50. The molecule has 1 atom stereocenters. The first-order chi connectivity index (χ1) is 5.64. The van der Waals surface area contributed by atoms with Crippen molar-refractivity contribution in [3.63, 3.8) is 0 Å². The molecule has 1 fully saturated rings. The highest BCUT2D eigenvalue weighted by Gasteiger charge is 2.20. The van der Waals surface area contributed by atoms with E-state index < -0.39 is 0 Å². The minimum atomic E-state index is -0.261. The Morgan fingerprint density at radius 3 is 2.92 bits per heavy atom. The maximum absolute atomic E-state index is 8.75. The first-order valence-corrected chi connectivity index (χ1v) is 4.36. The van der Waals surface area contributed by atoms with Crippen molar-refractivity contribution in [1.82, 2.24) is 5.32 Å². The standard InChI is InChI=1S/C9H16N2O/c1-9(2,6-10)7-11-8-3-4-12-5-8/h8,11H,3-5,7H2,1-2H3. The van der Waals surface area contributed by atoms with Gasteiger partial charge in [-0.3, -0.25) is 0 Å². The van der Waals surface area contributed by atoms with Crippen LogP contribution in [0.25, 0.3) is 0 Å². The largest absolute Gasteiger partial charge is 0.380 e. The van der Waals surface area contributed by atoms with Gasteiger partial charge in [0.1, 0.15) is 0 Å². The molecule has 0 saturated carbocycles. The molecule has 1 heterocycles. The van der Waals surface area contributed by atoms with Gasteiger partial charge in [0.2, 0.25) is 0 Å². The number of hydrogen-bond acceptors (Lipinski definition) is 3. The fraction of sp³-hybridized carbons (Fsp3) is 0.889. The Balaban J connectivity index is 2.21. The number of rotatable bonds is 3. The Bertz CT molecular complexity index is 177. The Hall–Kier alpha value is -0.590. The Labute approximate surface area is 73.7 Å². The van der Waals surface area contributed by atoms with E-state index in [0.29, 0.717) is 6.04 Å². The van der Waals surface area contributed by atoms with E-state index in [1.54, 1.807) is 0 Å². The predicted octanol–water partition coefficient (Wildman–Crippen LogP) is 0.915. The van der Waals surface area contributed by atoms with Crippen LogP contribution in [0, 0.1) is 16.7 Å². The SMILES string of the molecule is CC(C)(C#N)CNC1CCOC1. The van der Waals surface area contributed by atoms with Gasteiger partial charge in [0.15, 0.2) is 0 Å². The second-order valence-electron chi connectivity index (χ2n) is 3.94. The van der Waals surface area contributed by atoms with E-state index in [4.69, 9.17) is 10.00 Å². The molecule has 0 aromatic heterocycles. The molecule has 12 heavy (non-hydrogen) atoms. The van der Waals surface area contributed by atoms with Gasteiger partial charge in [-0.05, 0) is 20.3 Å². The third-order valence-corrected chi connectivity index (χ3v) is 2.07. The zero-order valence-electron chi connectivity index (χ0n) is 7.76. The molecular weight excluding hydrogens is 152 g/mol. The molecule has 3 heteroatoms. The Morgan fingerprint density at radius 2 is 2.42 bits per heavy atom. The van der Waals surface area contributed by atoms with Crippen LogP contribution < -0.4 is 5.32 Å². The van der Waals surface area contributed by atoms with Crippen LogP contribution in [-0.2, 0) is 4.74 Å². The van der Waals surface area contributed by atoms with Gasteiger partial charge in [-0.25, -0.2) is 0 Å². The summed E-state index contributed by atoms with van der Waals surface area (Å²) in [5.74, 6) is 0. The molecule has 1 N–H and O–H groups in total. The molecule has 0 aromatic rings. The van der Waals surface area contributed by atoms with E-state index in [-0.39, 0.29) is 5.41 Å². The lowest BCUT2D eigenvalue weighted by Gasteiger charge is -2.18. The lowest BCUT2D eigenvalue weighted by Crippen LogP contribution is -2.36. The second kappa shape index (κ2) is 3.88. The van der Waals surface area contributed by atoms with Crippen LogP contribution in [-0.4, -0.2) is 25.8 Å². The fourth-order valence-electron chi connectivity index (χ4n) is 1.13. The molecule has 1 rings (SSSR count). The van der Waals surface area contributed by atoms with Crippen LogP contribution >= 0.6 is 0 Å². The molecule has 0 amide bonds. The maximum Gasteiger partial charge on any atom is 0.0697 e. The van der Waals surface area contributed by atoms with E-state index in [2.05, 4.69) is 11.4 Å². The summed E-state index contributed by atoms with van der Waals surface area (Å²) in [4.78, 5) is 0. The van der Waals surface area contributed by atoms with Crippen LogP contribution in [0.1, 0.15) is 20.3 Å². The van der Waals surface area contributed by atoms with Gasteiger partial charge in [0.25, 0.3) is 0 Å². The number of hydrogen-bond donors (Lipinski definition) is 1. The molecule has 0 aliphatic carbocycles. The summed E-state index contributed by atoms with van der Waals surface area (Å²) in [7, 11) is 0. The third-order valence-electron chi connectivity index (χ3n) is 2.07. The van der Waals surface area contributed by atoms with Crippen LogP contribution in [0.2, 0.25) is 0 Å². The van der Waals surface area contributed by atoms with Crippen LogP contribution in [0.15, 0.2) is 0 Å². The molecule has 0 aromatic carbocycles. The number of ether oxygens (including phenoxy) is 1. The van der Waals surface area contributed by atoms with Crippen molar-refractivity contribution in [2.24, 2.45) is 5.41 Å². The van der Waals surface area contributed by atoms with Gasteiger partial charge >= 0.3 is 0 Å². The average molecular weight is 168 g/mol. The van der Waals surface area contributed by atoms with Crippen molar-refractivity contribution >= 4 is 0 Å². The summed E-state index contributed by atoms with van der Waals surface area (Å²) in [5.41, 5.74) is -0.261. The van der Waals surface area contributed by atoms with E-state index in [1.807, 2.05) is 13.8 Å². The summed E-state index contributed by atoms with van der Waals surface area (Å²) in [5, 5.41) is 12.1. The van der Waals surface area contributed by atoms with Crippen molar-refractivity contribution < 1.29 is 4.74 Å². The summed E-state index contributed by atoms with van der Waals surface area (Å²) in [6.07, 6.45) is 1.07. The highest BCUT2D eigenvalue weighted by Crippen LogP contribution is 2.12. The van der Waals surface area contributed by atoms with Gasteiger partial charge in [-0.2, -0.15) is 5.26 Å². The maximum atomic E-state index is 8.75. The molecule has 1 saturated heterocycles. The summed E-state index contributed by atoms with van der Waals surface area (Å²) < 4.78 is 5.21. The molecule has 1 aliphatic rings. The van der Waals surface area contributed by atoms with Crippen LogP contribution in [0.3, 0.4) is 0 Å². The summed E-state index contributed by atoms with van der Waals surface area (Å²) in [6, 6.07) is 2.72. The Kier molecular flexibility index (Phi) is 3.07. The lowest BCUT2D eigenvalue weighted by molar-refractivity contribution is 0.188. The topological polar surface area (TPSA) is 45.0 Å². The van der Waals surface area contributed by atoms with Gasteiger partial charge < -0.3 is 10.1 Å². The fourth-order valence-corrected chi connectivity index (χ4v) is 1.13. The number of nitrogens with zero attached hydrogens (tertiary/aromatic N) is 1. The second-order valence-corrected chi connectivity index (χ2v) is 3.94. The molecule has 68 valence electrons. The molecule has 1 unspecified atom stereocenters. The van der Waals surface area contributed by atoms with E-state index in [9.17, 15) is 0 Å². The van der Waals surface area contributed by atoms with Gasteiger partial charge in [-0.1, -0.05) is 0 Å². The van der Waals surface area contributed by atoms with Crippen molar-refractivity contribution in [2.45, 2.75) is 26.3 Å². The quantitative estimate of drug-likeness (QED) is 0.681. The molecular formula is C9H16N2O. The number of nitriles is 1. The van der Waals surface area contributed by atoms with Crippen molar-refractivity contribution in [3.8, 4) is 6.07 Å². The minimum Gasteiger partial charge on any atom is -0.380 e. The Morgan fingerprint density at radius 1 is 1.67 bits per heavy atom. The molecule has 1 aliphatic heterocycles. The predicted molar refractivity (Wildman–Crippen MR) is 46.6 cm³/mol. The molecule has 3 nitrogen and oxygen atoms in total. The van der Waals surface area contributed by atoms with Crippen molar-refractivity contribution in [2.75, 3.05) is 19.8 Å². The smallest absolute Gasteiger partial charge is 0.0697 e. The lowest BCUT2D eigenvalue weighted by atomic mass is 9.95. The highest BCUT2D eigenvalue weighted by atomic mass is 16.5. The van der Waals surface area contributed by atoms with E-state index in [0.717, 1.165) is 26.2 Å². The zero-order valence-corrected chi connectivity index (χ0v) is 7.76. The average Bonchev–Trinajstić information content (AvgIpc) is 2.53. The molecule has 0 spiro atoms. The normalized spacial score (nSPS) is 23.9. The third kappa shape index (κ3) is 2.80. The molecule has 0 bridgehead atoms. The van der Waals surface area contributed by atoms with Crippen LogP contribution in [0.4, 0.5) is 0 Å². The molecule has 0 radical (unpaired) electrons.